The van der Waals surface area contributed by atoms with Crippen LogP contribution in [0.1, 0.15) is 11.8 Å². The second-order valence-electron chi connectivity index (χ2n) is 2.46. The molecule has 2 rings (SSSR count). The van der Waals surface area contributed by atoms with Crippen LogP contribution in [0.25, 0.3) is 0 Å². The highest BCUT2D eigenvalue weighted by molar-refractivity contribution is 7.12. The first-order chi connectivity index (χ1) is 6.31. The minimum atomic E-state index is -0.370. The van der Waals surface area contributed by atoms with Crippen LogP contribution in [0.15, 0.2) is 34.3 Å². The first kappa shape index (κ1) is 8.19. The number of thiophene rings is 1. The van der Waals surface area contributed by atoms with E-state index in [1.54, 1.807) is 13.0 Å². The predicted octanol–water partition coefficient (Wildman–Crippen LogP) is 1.96. The number of hydrogen-bond donors (Lipinski definition) is 0. The summed E-state index contributed by atoms with van der Waals surface area (Å²) in [5, 5.41) is 1.92. The molecule has 1 aliphatic rings. The maximum Gasteiger partial charge on any atom is 0.363 e. The van der Waals surface area contributed by atoms with E-state index in [-0.39, 0.29) is 5.97 Å². The van der Waals surface area contributed by atoms with Crippen LogP contribution in [-0.4, -0.2) is 11.9 Å². The Morgan fingerprint density at radius 1 is 1.62 bits per heavy atom. The molecule has 0 fully saturated rings. The van der Waals surface area contributed by atoms with Gasteiger partial charge in [0.25, 0.3) is 0 Å². The molecule has 1 aromatic heterocycles. The average molecular weight is 193 g/mol. The average Bonchev–Trinajstić information content (AvgIpc) is 2.71. The molecule has 0 saturated carbocycles. The molecule has 0 bridgehead atoms. The molecule has 66 valence electrons. The second kappa shape index (κ2) is 3.14. The van der Waals surface area contributed by atoms with Gasteiger partial charge in [-0.05, 0) is 18.4 Å². The van der Waals surface area contributed by atoms with Crippen LogP contribution in [-0.2, 0) is 9.53 Å². The molecule has 1 aliphatic heterocycles. The normalized spacial score (nSPS) is 19.0. The molecular weight excluding hydrogens is 186 g/mol. The fraction of sp³-hybridized carbons (Fsp3) is 0.111. The molecule has 13 heavy (non-hydrogen) atoms. The first-order valence-corrected chi connectivity index (χ1v) is 4.70. The van der Waals surface area contributed by atoms with Gasteiger partial charge in [0.05, 0.1) is 4.88 Å². The Kier molecular flexibility index (Phi) is 1.98. The van der Waals surface area contributed by atoms with Gasteiger partial charge in [-0.1, -0.05) is 12.1 Å². The zero-order chi connectivity index (χ0) is 9.26. The molecule has 0 atom stereocenters. The Morgan fingerprint density at radius 3 is 3.00 bits per heavy atom. The van der Waals surface area contributed by atoms with E-state index >= 15 is 0 Å². The summed E-state index contributed by atoms with van der Waals surface area (Å²) in [7, 11) is 0. The lowest BCUT2D eigenvalue weighted by Crippen LogP contribution is -2.03. The number of allylic oxidation sites excluding steroid dienone is 1. The Hall–Kier alpha value is -1.42. The third kappa shape index (κ3) is 1.40. The molecule has 1 aromatic rings. The molecule has 0 unspecified atom stereocenters. The van der Waals surface area contributed by atoms with E-state index in [9.17, 15) is 4.79 Å². The minimum Gasteiger partial charge on any atom is -0.401 e. The standard InChI is InChI=1S/C9H7NO2S/c1-2-6-9(11)12-8(10-6)7-4-3-5-13-7/h2-5H,1H3/b6-2-. The van der Waals surface area contributed by atoms with Crippen molar-refractivity contribution >= 4 is 23.2 Å². The molecule has 0 amide bonds. The molecule has 0 radical (unpaired) electrons. The van der Waals surface area contributed by atoms with Crippen molar-refractivity contribution in [3.63, 3.8) is 0 Å². The molecule has 0 saturated heterocycles. The fourth-order valence-corrected chi connectivity index (χ4v) is 1.66. The van der Waals surface area contributed by atoms with Gasteiger partial charge in [-0.3, -0.25) is 0 Å². The molecule has 0 spiro atoms. The summed E-state index contributed by atoms with van der Waals surface area (Å²) >= 11 is 1.50. The number of aliphatic imine (C=N–C) groups is 1. The van der Waals surface area contributed by atoms with Gasteiger partial charge in [0.15, 0.2) is 0 Å². The predicted molar refractivity (Wildman–Crippen MR) is 50.7 cm³/mol. The van der Waals surface area contributed by atoms with E-state index in [1.807, 2.05) is 17.5 Å². The van der Waals surface area contributed by atoms with Gasteiger partial charge in [0.2, 0.25) is 5.90 Å². The maximum absolute atomic E-state index is 11.1. The summed E-state index contributed by atoms with van der Waals surface area (Å²) in [4.78, 5) is 16.0. The van der Waals surface area contributed by atoms with Crippen molar-refractivity contribution < 1.29 is 9.53 Å². The Morgan fingerprint density at radius 2 is 2.46 bits per heavy atom. The molecule has 0 aromatic carbocycles. The highest BCUT2D eigenvalue weighted by atomic mass is 32.1. The quantitative estimate of drug-likeness (QED) is 0.505. The van der Waals surface area contributed by atoms with E-state index in [2.05, 4.69) is 4.99 Å². The third-order valence-electron chi connectivity index (χ3n) is 1.63. The Bertz CT molecular complexity index is 390. The monoisotopic (exact) mass is 193 g/mol. The van der Waals surface area contributed by atoms with E-state index < -0.39 is 0 Å². The summed E-state index contributed by atoms with van der Waals surface area (Å²) in [5.74, 6) is 0.0407. The third-order valence-corrected chi connectivity index (χ3v) is 2.48. The lowest BCUT2D eigenvalue weighted by Gasteiger charge is -1.92. The van der Waals surface area contributed by atoms with Gasteiger partial charge in [-0.15, -0.1) is 11.3 Å². The van der Waals surface area contributed by atoms with Crippen molar-refractivity contribution in [2.45, 2.75) is 6.92 Å². The van der Waals surface area contributed by atoms with Crippen molar-refractivity contribution in [1.29, 1.82) is 0 Å². The molecule has 3 nitrogen and oxygen atoms in total. The molecule has 0 N–H and O–H groups in total. The summed E-state index contributed by atoms with van der Waals surface area (Å²) in [6, 6.07) is 3.76. The highest BCUT2D eigenvalue weighted by Crippen LogP contribution is 2.19. The van der Waals surface area contributed by atoms with Gasteiger partial charge in [-0.2, -0.15) is 0 Å². The number of esters is 1. The van der Waals surface area contributed by atoms with Gasteiger partial charge in [-0.25, -0.2) is 9.79 Å². The number of carbonyl (C=O) groups excluding carboxylic acids is 1. The van der Waals surface area contributed by atoms with Crippen LogP contribution in [0.5, 0.6) is 0 Å². The maximum atomic E-state index is 11.1. The van der Waals surface area contributed by atoms with Crippen molar-refractivity contribution in [3.8, 4) is 0 Å². The summed E-state index contributed by atoms with van der Waals surface area (Å²) in [5.41, 5.74) is 0.378. The molecule has 4 heteroatoms. The zero-order valence-corrected chi connectivity index (χ0v) is 7.80. The summed E-state index contributed by atoms with van der Waals surface area (Å²) in [6.07, 6.45) is 1.64. The van der Waals surface area contributed by atoms with E-state index in [1.165, 1.54) is 11.3 Å². The number of cyclic esters (lactones) is 1. The van der Waals surface area contributed by atoms with Crippen molar-refractivity contribution in [2.24, 2.45) is 4.99 Å². The van der Waals surface area contributed by atoms with Crippen LogP contribution in [0.2, 0.25) is 0 Å². The zero-order valence-electron chi connectivity index (χ0n) is 6.98. The molecule has 2 heterocycles. The first-order valence-electron chi connectivity index (χ1n) is 3.82. The number of nitrogens with zero attached hydrogens (tertiary/aromatic N) is 1. The van der Waals surface area contributed by atoms with E-state index in [0.29, 0.717) is 11.6 Å². The number of hydrogen-bond acceptors (Lipinski definition) is 4. The van der Waals surface area contributed by atoms with Crippen LogP contribution in [0.4, 0.5) is 0 Å². The second-order valence-corrected chi connectivity index (χ2v) is 3.41. The van der Waals surface area contributed by atoms with Crippen LogP contribution < -0.4 is 0 Å². The van der Waals surface area contributed by atoms with E-state index in [4.69, 9.17) is 4.74 Å². The largest absolute Gasteiger partial charge is 0.401 e. The number of carbonyl (C=O) groups is 1. The number of rotatable bonds is 1. The number of ether oxygens (including phenoxy) is 1. The lowest BCUT2D eigenvalue weighted by atomic mass is 10.4. The van der Waals surface area contributed by atoms with Crippen LogP contribution in [0.3, 0.4) is 0 Å². The van der Waals surface area contributed by atoms with Gasteiger partial charge in [0.1, 0.15) is 5.70 Å². The SMILES string of the molecule is C/C=C1\N=C(c2cccs2)OC1=O. The van der Waals surface area contributed by atoms with E-state index in [0.717, 1.165) is 4.88 Å². The van der Waals surface area contributed by atoms with Crippen molar-refractivity contribution in [2.75, 3.05) is 0 Å². The van der Waals surface area contributed by atoms with Crippen molar-refractivity contribution in [3.05, 3.63) is 34.2 Å². The van der Waals surface area contributed by atoms with Crippen LogP contribution >= 0.6 is 11.3 Å². The summed E-state index contributed by atoms with van der Waals surface area (Å²) in [6.45, 7) is 1.76. The van der Waals surface area contributed by atoms with Gasteiger partial charge < -0.3 is 4.74 Å². The van der Waals surface area contributed by atoms with Crippen LogP contribution in [0, 0.1) is 0 Å². The Labute approximate surface area is 79.4 Å². The smallest absolute Gasteiger partial charge is 0.363 e. The summed E-state index contributed by atoms with van der Waals surface area (Å²) < 4.78 is 4.96. The molecular formula is C9H7NO2S. The highest BCUT2D eigenvalue weighted by Gasteiger charge is 2.23. The molecule has 0 aliphatic carbocycles. The fourth-order valence-electron chi connectivity index (χ4n) is 1.01. The lowest BCUT2D eigenvalue weighted by molar-refractivity contribution is -0.130. The topological polar surface area (TPSA) is 38.7 Å². The van der Waals surface area contributed by atoms with Gasteiger partial charge in [0, 0.05) is 0 Å². The minimum absolute atomic E-state index is 0.370. The Balaban J connectivity index is 2.35. The van der Waals surface area contributed by atoms with Crippen molar-refractivity contribution in [1.82, 2.24) is 0 Å². The van der Waals surface area contributed by atoms with Gasteiger partial charge >= 0.3 is 5.97 Å².